The molecule has 1 aromatic heterocycles. The molecule has 17 heteroatoms. The fourth-order valence-corrected chi connectivity index (χ4v) is 3.74. The van der Waals surface area contributed by atoms with Crippen molar-refractivity contribution in [2.75, 3.05) is 32.5 Å². The fraction of sp³-hybridized carbons (Fsp3) is 0.632. The Bertz CT molecular complexity index is 934. The molecule has 1 aromatic rings. The van der Waals surface area contributed by atoms with Crippen LogP contribution in [0.3, 0.4) is 0 Å². The average Bonchev–Trinajstić information content (AvgIpc) is 2.72. The maximum Gasteiger partial charge on any atom is 0.490 e. The second-order valence-electron chi connectivity index (χ2n) is 8.09. The normalized spacial score (nSPS) is 19.7. The third kappa shape index (κ3) is 12.0. The molecule has 2 aliphatic rings. The number of rotatable bonds is 5. The van der Waals surface area contributed by atoms with E-state index in [0.29, 0.717) is 13.2 Å². The van der Waals surface area contributed by atoms with E-state index >= 15 is 0 Å². The average molecular weight is 553 g/mol. The smallest absolute Gasteiger partial charge is 0.475 e. The second kappa shape index (κ2) is 12.6. The molecule has 0 radical (unpaired) electrons. The minimum Gasteiger partial charge on any atom is -0.475 e. The highest BCUT2D eigenvalue weighted by molar-refractivity contribution is 7.88. The van der Waals surface area contributed by atoms with Gasteiger partial charge in [0, 0.05) is 32.4 Å². The predicted octanol–water partition coefficient (Wildman–Crippen LogP) is 1.88. The number of hydrogen-bond donors (Lipinski definition) is 3. The number of carboxylic acid groups (broad SMARTS) is 2. The van der Waals surface area contributed by atoms with Crippen molar-refractivity contribution >= 4 is 22.0 Å². The minimum absolute atomic E-state index is 0.0175. The molecule has 1 atom stereocenters. The minimum atomic E-state index is -5.08. The Morgan fingerprint density at radius 3 is 2.03 bits per heavy atom. The molecule has 3 rings (SSSR count). The van der Waals surface area contributed by atoms with Gasteiger partial charge in [-0.15, -0.1) is 0 Å². The number of carboxylic acids is 2. The molecule has 1 spiro atoms. The van der Waals surface area contributed by atoms with Crippen LogP contribution >= 0.6 is 0 Å². The van der Waals surface area contributed by atoms with Crippen molar-refractivity contribution in [2.45, 2.75) is 37.3 Å². The quantitative estimate of drug-likeness (QED) is 0.465. The van der Waals surface area contributed by atoms with E-state index in [9.17, 15) is 34.8 Å². The van der Waals surface area contributed by atoms with Crippen molar-refractivity contribution in [2.24, 2.45) is 5.92 Å². The van der Waals surface area contributed by atoms with Crippen molar-refractivity contribution in [1.82, 2.24) is 14.6 Å². The van der Waals surface area contributed by atoms with Crippen LogP contribution in [-0.4, -0.2) is 90.9 Å². The molecule has 0 saturated carbocycles. The molecule has 0 bridgehead atoms. The molecule has 10 nitrogen and oxygen atoms in total. The molecule has 3 N–H and O–H groups in total. The zero-order valence-electron chi connectivity index (χ0n) is 18.8. The summed E-state index contributed by atoms with van der Waals surface area (Å²) in [6.07, 6.45) is -5.14. The van der Waals surface area contributed by atoms with Gasteiger partial charge in [0.25, 0.3) is 0 Å². The summed E-state index contributed by atoms with van der Waals surface area (Å²) in [6, 6.07) is 5.98. The summed E-state index contributed by atoms with van der Waals surface area (Å²) >= 11 is 0. The van der Waals surface area contributed by atoms with Gasteiger partial charge in [-0.05, 0) is 30.9 Å². The Morgan fingerprint density at radius 1 is 1.14 bits per heavy atom. The number of aromatic nitrogens is 1. The number of aliphatic carboxylic acids is 2. The van der Waals surface area contributed by atoms with Gasteiger partial charge in [0.15, 0.2) is 0 Å². The number of carbonyl (C=O) groups is 2. The summed E-state index contributed by atoms with van der Waals surface area (Å²) in [6.45, 7) is 3.86. The van der Waals surface area contributed by atoms with Gasteiger partial charge in [-0.25, -0.2) is 22.7 Å². The van der Waals surface area contributed by atoms with E-state index in [1.54, 1.807) is 0 Å². The zero-order valence-corrected chi connectivity index (χ0v) is 19.7. The zero-order chi connectivity index (χ0) is 27.8. The van der Waals surface area contributed by atoms with Gasteiger partial charge in [-0.2, -0.15) is 26.3 Å². The topological polar surface area (TPSA) is 146 Å². The summed E-state index contributed by atoms with van der Waals surface area (Å²) in [5.41, 5.74) is 1.07. The maximum atomic E-state index is 11.1. The lowest BCUT2D eigenvalue weighted by Crippen LogP contribution is -2.64. The van der Waals surface area contributed by atoms with Crippen molar-refractivity contribution in [3.8, 4) is 0 Å². The van der Waals surface area contributed by atoms with Gasteiger partial charge in [0.2, 0.25) is 10.0 Å². The molecule has 36 heavy (non-hydrogen) atoms. The first-order chi connectivity index (χ1) is 16.3. The van der Waals surface area contributed by atoms with Crippen LogP contribution in [0.5, 0.6) is 0 Å². The van der Waals surface area contributed by atoms with Crippen LogP contribution < -0.4 is 4.72 Å². The molecule has 206 valence electrons. The Morgan fingerprint density at radius 2 is 1.67 bits per heavy atom. The molecule has 0 aliphatic carbocycles. The number of hydrogen-bond acceptors (Lipinski definition) is 7. The van der Waals surface area contributed by atoms with Gasteiger partial charge in [-0.1, -0.05) is 6.07 Å². The molecule has 0 amide bonds. The van der Waals surface area contributed by atoms with E-state index in [4.69, 9.17) is 24.5 Å². The SMILES string of the molecule is CS(=O)(=O)NCC1CCC2(CN(Cc3ccccn3)C2)OC1.O=C(O)C(F)(F)F.O=C(O)C(F)(F)F. The lowest BCUT2D eigenvalue weighted by Gasteiger charge is -2.52. The first-order valence-corrected chi connectivity index (χ1v) is 12.0. The van der Waals surface area contributed by atoms with E-state index < -0.39 is 34.3 Å². The molecular weight excluding hydrogens is 528 g/mol. The van der Waals surface area contributed by atoms with Crippen LogP contribution in [-0.2, 0) is 30.9 Å². The van der Waals surface area contributed by atoms with Crippen molar-refractivity contribution in [3.63, 3.8) is 0 Å². The van der Waals surface area contributed by atoms with Gasteiger partial charge < -0.3 is 14.9 Å². The Labute approximate surface area is 202 Å². The second-order valence-corrected chi connectivity index (χ2v) is 9.92. The van der Waals surface area contributed by atoms with Crippen LogP contribution in [0.1, 0.15) is 18.5 Å². The lowest BCUT2D eigenvalue weighted by atomic mass is 9.83. The summed E-state index contributed by atoms with van der Waals surface area (Å²) in [5.74, 6) is -5.23. The molecule has 0 aromatic carbocycles. The van der Waals surface area contributed by atoms with Crippen molar-refractivity contribution in [1.29, 1.82) is 0 Å². The number of sulfonamides is 1. The van der Waals surface area contributed by atoms with Gasteiger partial charge in [0.1, 0.15) is 0 Å². The maximum absolute atomic E-state index is 11.1. The van der Waals surface area contributed by atoms with Gasteiger partial charge in [0.05, 0.1) is 24.2 Å². The van der Waals surface area contributed by atoms with E-state index in [0.717, 1.165) is 38.2 Å². The van der Waals surface area contributed by atoms with Crippen LogP contribution in [0.2, 0.25) is 0 Å². The largest absolute Gasteiger partial charge is 0.490 e. The molecule has 2 saturated heterocycles. The summed E-state index contributed by atoms with van der Waals surface area (Å²) in [5, 5.41) is 14.2. The number of pyridine rings is 1. The van der Waals surface area contributed by atoms with Gasteiger partial charge in [-0.3, -0.25) is 9.88 Å². The summed E-state index contributed by atoms with van der Waals surface area (Å²) < 4.78 is 94.3. The Hall–Kier alpha value is -2.50. The highest BCUT2D eigenvalue weighted by Crippen LogP contribution is 2.36. The molecule has 3 heterocycles. The third-order valence-electron chi connectivity index (χ3n) is 4.89. The van der Waals surface area contributed by atoms with E-state index in [1.165, 1.54) is 6.26 Å². The first kappa shape index (κ1) is 31.5. The fourth-order valence-electron chi connectivity index (χ4n) is 3.20. The first-order valence-electron chi connectivity index (χ1n) is 10.1. The van der Waals surface area contributed by atoms with Gasteiger partial charge >= 0.3 is 24.3 Å². The van der Waals surface area contributed by atoms with Crippen molar-refractivity contribution < 1.29 is 59.3 Å². The Kier molecular flexibility index (Phi) is 11.1. The van der Waals surface area contributed by atoms with Crippen LogP contribution in [0.15, 0.2) is 24.4 Å². The highest BCUT2D eigenvalue weighted by atomic mass is 32.2. The lowest BCUT2D eigenvalue weighted by molar-refractivity contribution is -0.193. The predicted molar refractivity (Wildman–Crippen MR) is 111 cm³/mol. The molecule has 2 aliphatic heterocycles. The number of alkyl halides is 6. The van der Waals surface area contributed by atoms with Crippen LogP contribution in [0, 0.1) is 5.92 Å². The molecule has 1 unspecified atom stereocenters. The third-order valence-corrected chi connectivity index (χ3v) is 5.58. The highest BCUT2D eigenvalue weighted by Gasteiger charge is 2.46. The molecular formula is C19H25F6N3O7S. The van der Waals surface area contributed by atoms with Crippen LogP contribution in [0.4, 0.5) is 26.3 Å². The number of likely N-dealkylation sites (tertiary alicyclic amines) is 1. The summed E-state index contributed by atoms with van der Waals surface area (Å²) in [7, 11) is -3.11. The molecule has 2 fully saturated rings. The Balaban J connectivity index is 0.000000383. The summed E-state index contributed by atoms with van der Waals surface area (Å²) in [4.78, 5) is 24.5. The number of nitrogens with one attached hydrogen (secondary N) is 1. The standard InChI is InChI=1S/C15H23N3O3S.2C2HF3O2/c1-22(19,20)17-8-13-5-6-15(21-10-13)11-18(12-15)9-14-4-2-3-7-16-14;2*3-2(4,5)1(6)7/h2-4,7,13,17H,5-6,8-12H2,1H3;2*(H,6,7). The number of ether oxygens (including phenoxy) is 1. The van der Waals surface area contributed by atoms with E-state index in [2.05, 4.69) is 14.6 Å². The monoisotopic (exact) mass is 553 g/mol. The van der Waals surface area contributed by atoms with Crippen molar-refractivity contribution in [3.05, 3.63) is 30.1 Å². The number of halogens is 6. The van der Waals surface area contributed by atoms with Crippen LogP contribution in [0.25, 0.3) is 0 Å². The van der Waals surface area contributed by atoms with E-state index in [-0.39, 0.29) is 11.5 Å². The number of nitrogens with zero attached hydrogens (tertiary/aromatic N) is 2. The van der Waals surface area contributed by atoms with E-state index in [1.807, 2.05) is 24.4 Å².